The van der Waals surface area contributed by atoms with Crippen molar-refractivity contribution in [1.82, 2.24) is 14.7 Å². The van der Waals surface area contributed by atoms with Gasteiger partial charge in [-0.15, -0.1) is 0 Å². The van der Waals surface area contributed by atoms with Gasteiger partial charge in [-0.1, -0.05) is 24.3 Å². The van der Waals surface area contributed by atoms with Gasteiger partial charge in [-0.2, -0.15) is 5.10 Å². The van der Waals surface area contributed by atoms with E-state index in [2.05, 4.69) is 29.4 Å². The summed E-state index contributed by atoms with van der Waals surface area (Å²) < 4.78 is 6.48. The summed E-state index contributed by atoms with van der Waals surface area (Å²) in [6.45, 7) is 3.11. The lowest BCUT2D eigenvalue weighted by molar-refractivity contribution is 0.0518. The van der Waals surface area contributed by atoms with E-state index in [-0.39, 0.29) is 12.2 Å². The Kier molecular flexibility index (Phi) is 4.50. The maximum Gasteiger partial charge on any atom is 0.407 e. The van der Waals surface area contributed by atoms with Crippen LogP contribution in [0.2, 0.25) is 0 Å². The molecular weight excluding hydrogens is 310 g/mol. The summed E-state index contributed by atoms with van der Waals surface area (Å²) in [5.74, 6) is -0.476. The molecule has 7 heteroatoms. The topological polar surface area (TPSA) is 84.7 Å². The Morgan fingerprint density at radius 1 is 1.25 bits per heavy atom. The van der Waals surface area contributed by atoms with E-state index in [1.807, 2.05) is 0 Å². The average molecular weight is 329 g/mol. The van der Waals surface area contributed by atoms with Gasteiger partial charge in [-0.05, 0) is 30.5 Å². The van der Waals surface area contributed by atoms with Crippen LogP contribution in [-0.4, -0.2) is 45.0 Å². The van der Waals surface area contributed by atoms with Crippen LogP contribution in [-0.2, 0) is 24.2 Å². The van der Waals surface area contributed by atoms with Crippen molar-refractivity contribution in [2.75, 3.05) is 13.2 Å². The van der Waals surface area contributed by atoms with Crippen molar-refractivity contribution in [2.24, 2.45) is 0 Å². The quantitative estimate of drug-likeness (QED) is 0.728. The van der Waals surface area contributed by atoms with Crippen LogP contribution in [0.1, 0.15) is 34.2 Å². The van der Waals surface area contributed by atoms with E-state index >= 15 is 0 Å². The van der Waals surface area contributed by atoms with Crippen LogP contribution < -0.4 is 0 Å². The fourth-order valence-electron chi connectivity index (χ4n) is 2.69. The van der Waals surface area contributed by atoms with Crippen LogP contribution in [0.15, 0.2) is 30.3 Å². The van der Waals surface area contributed by atoms with Crippen LogP contribution in [0, 0.1) is 0 Å². The number of benzene rings is 1. The third-order valence-corrected chi connectivity index (χ3v) is 3.95. The predicted molar refractivity (Wildman–Crippen MR) is 85.9 cm³/mol. The highest BCUT2D eigenvalue weighted by atomic mass is 16.5. The third-order valence-electron chi connectivity index (χ3n) is 3.95. The van der Waals surface area contributed by atoms with Gasteiger partial charge in [0.15, 0.2) is 5.69 Å². The number of amides is 1. The molecule has 2 heterocycles. The number of nitrogens with zero attached hydrogens (tertiary/aromatic N) is 3. The van der Waals surface area contributed by atoms with E-state index in [0.717, 1.165) is 0 Å². The van der Waals surface area contributed by atoms with Gasteiger partial charge in [-0.25, -0.2) is 9.59 Å². The molecule has 2 aromatic rings. The Hall–Kier alpha value is -2.83. The van der Waals surface area contributed by atoms with E-state index in [1.54, 1.807) is 17.7 Å². The third kappa shape index (κ3) is 3.40. The van der Waals surface area contributed by atoms with Crippen LogP contribution in [0.25, 0.3) is 0 Å². The number of carbonyl (C=O) groups is 2. The highest BCUT2D eigenvalue weighted by Crippen LogP contribution is 2.19. The summed E-state index contributed by atoms with van der Waals surface area (Å²) in [5, 5.41) is 13.0. The van der Waals surface area contributed by atoms with Gasteiger partial charge in [0.2, 0.25) is 0 Å². The van der Waals surface area contributed by atoms with Gasteiger partial charge in [0.25, 0.3) is 0 Å². The van der Waals surface area contributed by atoms with Crippen LogP contribution in [0.4, 0.5) is 4.79 Å². The molecule has 0 saturated heterocycles. The van der Waals surface area contributed by atoms with Crippen molar-refractivity contribution < 1.29 is 19.4 Å². The zero-order valence-corrected chi connectivity index (χ0v) is 13.4. The number of ether oxygens (including phenoxy) is 1. The van der Waals surface area contributed by atoms with E-state index in [0.29, 0.717) is 25.4 Å². The van der Waals surface area contributed by atoms with E-state index in [1.165, 1.54) is 22.4 Å². The SMILES string of the molecule is CCOC(=O)c1cc2n(n1)CCN(C(=O)O)C2.c1cc2cc(c1)C2. The summed E-state index contributed by atoms with van der Waals surface area (Å²) in [6.07, 6.45) is 0.256. The van der Waals surface area contributed by atoms with Gasteiger partial charge in [0.1, 0.15) is 0 Å². The van der Waals surface area contributed by atoms with Crippen molar-refractivity contribution in [1.29, 1.82) is 0 Å². The fraction of sp³-hybridized carbons (Fsp3) is 0.353. The monoisotopic (exact) mass is 329 g/mol. The molecule has 24 heavy (non-hydrogen) atoms. The lowest BCUT2D eigenvalue weighted by atomic mass is 9.94. The lowest BCUT2D eigenvalue weighted by Gasteiger charge is -2.24. The molecule has 1 aromatic carbocycles. The summed E-state index contributed by atoms with van der Waals surface area (Å²) in [6, 6.07) is 10.2. The lowest BCUT2D eigenvalue weighted by Crippen LogP contribution is -2.37. The molecule has 3 aliphatic rings. The maximum absolute atomic E-state index is 11.4. The Bertz CT molecular complexity index is 744. The normalized spacial score (nSPS) is 14.0. The van der Waals surface area contributed by atoms with Gasteiger partial charge < -0.3 is 14.7 Å². The molecule has 1 aromatic heterocycles. The highest BCUT2D eigenvalue weighted by Gasteiger charge is 2.23. The first kappa shape index (κ1) is 16.0. The summed E-state index contributed by atoms with van der Waals surface area (Å²) in [5.41, 5.74) is 3.91. The molecule has 0 saturated carbocycles. The molecule has 0 spiro atoms. The Morgan fingerprint density at radius 2 is 1.96 bits per heavy atom. The molecule has 126 valence electrons. The predicted octanol–water partition coefficient (Wildman–Crippen LogP) is 2.14. The number of hydrogen-bond donors (Lipinski definition) is 1. The van der Waals surface area contributed by atoms with E-state index < -0.39 is 12.1 Å². The van der Waals surface area contributed by atoms with Crippen molar-refractivity contribution >= 4 is 12.1 Å². The van der Waals surface area contributed by atoms with Gasteiger partial charge in [-0.3, -0.25) is 4.68 Å². The number of esters is 1. The number of carbonyl (C=O) groups excluding carboxylic acids is 1. The summed E-state index contributed by atoms with van der Waals surface area (Å²) >= 11 is 0. The molecule has 5 rings (SSSR count). The van der Waals surface area contributed by atoms with Crippen molar-refractivity contribution in [3.05, 3.63) is 52.8 Å². The van der Waals surface area contributed by atoms with Crippen LogP contribution in [0.5, 0.6) is 0 Å². The maximum atomic E-state index is 11.4. The minimum atomic E-state index is -0.963. The molecule has 0 radical (unpaired) electrons. The Morgan fingerprint density at radius 3 is 2.46 bits per heavy atom. The zero-order valence-electron chi connectivity index (χ0n) is 13.4. The molecule has 0 fully saturated rings. The molecule has 1 amide bonds. The zero-order chi connectivity index (χ0) is 17.1. The number of rotatable bonds is 2. The Labute approximate surface area is 139 Å². The minimum Gasteiger partial charge on any atom is -0.465 e. The molecule has 2 bridgehead atoms. The molecule has 1 aliphatic heterocycles. The van der Waals surface area contributed by atoms with Gasteiger partial charge in [0, 0.05) is 6.54 Å². The first-order chi connectivity index (χ1) is 11.6. The van der Waals surface area contributed by atoms with Crippen molar-refractivity contribution in [2.45, 2.75) is 26.4 Å². The van der Waals surface area contributed by atoms with E-state index in [9.17, 15) is 9.59 Å². The Balaban J connectivity index is 0.000000198. The fourth-order valence-corrected chi connectivity index (χ4v) is 2.69. The molecule has 1 N–H and O–H groups in total. The number of hydrogen-bond acceptors (Lipinski definition) is 4. The van der Waals surface area contributed by atoms with Crippen molar-refractivity contribution in [3.63, 3.8) is 0 Å². The second-order valence-electron chi connectivity index (χ2n) is 5.67. The summed E-state index contributed by atoms with van der Waals surface area (Å²) in [4.78, 5) is 23.5. The van der Waals surface area contributed by atoms with E-state index in [4.69, 9.17) is 9.84 Å². The molecular formula is C17H19N3O4. The number of fused-ring (bicyclic) bond motifs is 3. The largest absolute Gasteiger partial charge is 0.465 e. The minimum absolute atomic E-state index is 0.231. The molecule has 7 nitrogen and oxygen atoms in total. The van der Waals surface area contributed by atoms with Crippen molar-refractivity contribution in [3.8, 4) is 0 Å². The second-order valence-corrected chi connectivity index (χ2v) is 5.67. The smallest absolute Gasteiger partial charge is 0.407 e. The summed E-state index contributed by atoms with van der Waals surface area (Å²) in [7, 11) is 0. The first-order valence-corrected chi connectivity index (χ1v) is 7.86. The average Bonchev–Trinajstić information content (AvgIpc) is 2.99. The first-order valence-electron chi connectivity index (χ1n) is 7.86. The van der Waals surface area contributed by atoms with Gasteiger partial charge in [0.05, 0.1) is 25.4 Å². The van der Waals surface area contributed by atoms with Crippen LogP contribution >= 0.6 is 0 Å². The number of carboxylic acid groups (broad SMARTS) is 1. The highest BCUT2D eigenvalue weighted by molar-refractivity contribution is 5.87. The molecule has 0 unspecified atom stereocenters. The standard InChI is InChI=1S/C10H13N3O4.C7H6/c1-2-17-9(14)8-5-7-6-12(10(15)16)3-4-13(7)11-8;1-2-6-4-7(3-1)5-6/h5H,2-4,6H2,1H3,(H,15,16);1-4H,5H2. The van der Waals surface area contributed by atoms with Gasteiger partial charge >= 0.3 is 12.1 Å². The number of aromatic nitrogens is 2. The van der Waals surface area contributed by atoms with Crippen LogP contribution in [0.3, 0.4) is 0 Å². The second kappa shape index (κ2) is 6.74. The molecule has 0 atom stereocenters. The molecule has 2 aliphatic carbocycles.